The minimum absolute atomic E-state index is 0.153. The molecule has 0 unspecified atom stereocenters. The molecule has 0 aliphatic heterocycles. The Labute approximate surface area is 141 Å². The number of hydrazone groups is 1. The highest BCUT2D eigenvalue weighted by Gasteiger charge is 2.40. The second kappa shape index (κ2) is 6.57. The lowest BCUT2D eigenvalue weighted by Crippen LogP contribution is -2.34. The summed E-state index contributed by atoms with van der Waals surface area (Å²) in [7, 11) is 0. The standard InChI is InChI=1S/C20H34N2O/c1-13(18-12-14-5-6-16(18)11-14)21-22-19(23)15-7-9-17(10-8-15)20(2,3)4/h14-18H,5-12H2,1-4H3,(H,22,23)/b21-13+/t14-,15?,16-,17?,18-/m0/s1. The van der Waals surface area contributed by atoms with Crippen molar-refractivity contribution in [1.82, 2.24) is 5.43 Å². The topological polar surface area (TPSA) is 41.5 Å². The zero-order valence-electron chi connectivity index (χ0n) is 15.4. The van der Waals surface area contributed by atoms with Crippen molar-refractivity contribution in [3.63, 3.8) is 0 Å². The molecule has 0 aromatic rings. The first-order valence-corrected chi connectivity index (χ1v) is 9.68. The fraction of sp³-hybridized carbons (Fsp3) is 0.900. The molecule has 3 nitrogen and oxygen atoms in total. The summed E-state index contributed by atoms with van der Waals surface area (Å²) in [5, 5.41) is 4.48. The predicted octanol–water partition coefficient (Wildman–Crippen LogP) is 4.77. The first-order valence-electron chi connectivity index (χ1n) is 9.68. The van der Waals surface area contributed by atoms with E-state index in [9.17, 15) is 4.79 Å². The predicted molar refractivity (Wildman–Crippen MR) is 95.1 cm³/mol. The monoisotopic (exact) mass is 318 g/mol. The molecule has 2 bridgehead atoms. The number of nitrogens with one attached hydrogen (secondary N) is 1. The van der Waals surface area contributed by atoms with Gasteiger partial charge in [0, 0.05) is 17.5 Å². The molecule has 1 N–H and O–H groups in total. The van der Waals surface area contributed by atoms with Crippen molar-refractivity contribution in [3.8, 4) is 0 Å². The number of nitrogens with zero attached hydrogens (tertiary/aromatic N) is 1. The Bertz CT molecular complexity index is 469. The fourth-order valence-electron chi connectivity index (χ4n) is 5.30. The minimum Gasteiger partial charge on any atom is -0.273 e. The molecule has 1 amide bonds. The Morgan fingerprint density at radius 3 is 2.22 bits per heavy atom. The lowest BCUT2D eigenvalue weighted by molar-refractivity contribution is -0.126. The van der Waals surface area contributed by atoms with Gasteiger partial charge in [-0.05, 0) is 75.0 Å². The van der Waals surface area contributed by atoms with Crippen molar-refractivity contribution >= 4 is 11.6 Å². The van der Waals surface area contributed by atoms with Crippen LogP contribution < -0.4 is 5.43 Å². The number of carbonyl (C=O) groups excluding carboxylic acids is 1. The van der Waals surface area contributed by atoms with Crippen LogP contribution >= 0.6 is 0 Å². The Morgan fingerprint density at radius 1 is 1.00 bits per heavy atom. The third-order valence-corrected chi connectivity index (χ3v) is 6.94. The number of hydrogen-bond acceptors (Lipinski definition) is 2. The lowest BCUT2D eigenvalue weighted by atomic mass is 9.70. The maximum absolute atomic E-state index is 12.4. The van der Waals surface area contributed by atoms with E-state index >= 15 is 0 Å². The highest BCUT2D eigenvalue weighted by Crippen LogP contribution is 2.48. The summed E-state index contributed by atoms with van der Waals surface area (Å²) in [6.07, 6.45) is 9.87. The van der Waals surface area contributed by atoms with E-state index in [0.717, 1.165) is 36.3 Å². The van der Waals surface area contributed by atoms with Crippen molar-refractivity contribution in [2.45, 2.75) is 79.1 Å². The number of hydrogen-bond donors (Lipinski definition) is 1. The fourth-order valence-corrected chi connectivity index (χ4v) is 5.30. The molecule has 0 aromatic carbocycles. The molecule has 0 aromatic heterocycles. The van der Waals surface area contributed by atoms with E-state index in [1.165, 1.54) is 38.5 Å². The maximum Gasteiger partial charge on any atom is 0.243 e. The van der Waals surface area contributed by atoms with Crippen LogP contribution in [-0.4, -0.2) is 11.6 Å². The van der Waals surface area contributed by atoms with Gasteiger partial charge < -0.3 is 0 Å². The number of fused-ring (bicyclic) bond motifs is 2. The summed E-state index contributed by atoms with van der Waals surface area (Å²) in [6, 6.07) is 0. The summed E-state index contributed by atoms with van der Waals surface area (Å²) in [5.74, 6) is 3.47. The highest BCUT2D eigenvalue weighted by molar-refractivity contribution is 5.87. The molecule has 3 atom stereocenters. The second-order valence-electron chi connectivity index (χ2n) is 9.43. The van der Waals surface area contributed by atoms with Crippen LogP contribution in [0.4, 0.5) is 0 Å². The zero-order chi connectivity index (χ0) is 16.6. The smallest absolute Gasteiger partial charge is 0.243 e. The molecule has 3 heteroatoms. The van der Waals surface area contributed by atoms with Crippen molar-refractivity contribution in [2.24, 2.45) is 40.1 Å². The van der Waals surface area contributed by atoms with Gasteiger partial charge in [-0.1, -0.05) is 27.2 Å². The Balaban J connectivity index is 1.47. The molecule has 3 saturated carbocycles. The Hall–Kier alpha value is -0.860. The number of carbonyl (C=O) groups is 1. The maximum atomic E-state index is 12.4. The van der Waals surface area contributed by atoms with Crippen LogP contribution in [0.25, 0.3) is 0 Å². The first kappa shape index (κ1) is 17.0. The molecule has 0 radical (unpaired) electrons. The van der Waals surface area contributed by atoms with Crippen LogP contribution in [0.2, 0.25) is 0 Å². The van der Waals surface area contributed by atoms with E-state index in [1.807, 2.05) is 0 Å². The molecule has 3 rings (SSSR count). The van der Waals surface area contributed by atoms with Gasteiger partial charge >= 0.3 is 0 Å². The van der Waals surface area contributed by atoms with Crippen molar-refractivity contribution < 1.29 is 4.79 Å². The van der Waals surface area contributed by atoms with Gasteiger partial charge in [-0.25, -0.2) is 5.43 Å². The van der Waals surface area contributed by atoms with Gasteiger partial charge in [0.05, 0.1) is 0 Å². The van der Waals surface area contributed by atoms with Crippen LogP contribution in [0.5, 0.6) is 0 Å². The third-order valence-electron chi connectivity index (χ3n) is 6.94. The molecule has 0 heterocycles. The molecule has 130 valence electrons. The second-order valence-corrected chi connectivity index (χ2v) is 9.43. The largest absolute Gasteiger partial charge is 0.273 e. The van der Waals surface area contributed by atoms with Crippen molar-refractivity contribution in [1.29, 1.82) is 0 Å². The molecule has 3 aliphatic rings. The quantitative estimate of drug-likeness (QED) is 0.591. The molecular formula is C20H34N2O. The molecule has 0 saturated heterocycles. The highest BCUT2D eigenvalue weighted by atomic mass is 16.2. The van der Waals surface area contributed by atoms with E-state index in [1.54, 1.807) is 0 Å². The van der Waals surface area contributed by atoms with Crippen LogP contribution in [0.3, 0.4) is 0 Å². The Morgan fingerprint density at radius 2 is 1.70 bits per heavy atom. The van der Waals surface area contributed by atoms with Crippen LogP contribution in [0.1, 0.15) is 79.1 Å². The van der Waals surface area contributed by atoms with Gasteiger partial charge in [-0.2, -0.15) is 5.10 Å². The molecule has 3 aliphatic carbocycles. The van der Waals surface area contributed by atoms with E-state index in [4.69, 9.17) is 0 Å². The third kappa shape index (κ3) is 3.80. The summed E-state index contributed by atoms with van der Waals surface area (Å²) in [6.45, 7) is 9.07. The van der Waals surface area contributed by atoms with Crippen LogP contribution in [0, 0.1) is 35.0 Å². The van der Waals surface area contributed by atoms with E-state index in [-0.39, 0.29) is 11.8 Å². The van der Waals surface area contributed by atoms with E-state index in [2.05, 4.69) is 38.2 Å². The molecular weight excluding hydrogens is 284 g/mol. The Kier molecular flexibility index (Phi) is 4.85. The van der Waals surface area contributed by atoms with Gasteiger partial charge in [-0.3, -0.25) is 4.79 Å². The van der Waals surface area contributed by atoms with Crippen LogP contribution in [0.15, 0.2) is 5.10 Å². The molecule has 3 fully saturated rings. The summed E-state index contributed by atoms with van der Waals surface area (Å²) in [4.78, 5) is 12.4. The van der Waals surface area contributed by atoms with Gasteiger partial charge in [0.25, 0.3) is 0 Å². The number of amides is 1. The van der Waals surface area contributed by atoms with Crippen LogP contribution in [-0.2, 0) is 4.79 Å². The number of rotatable bonds is 3. The SMILES string of the molecule is C/C(=N\NC(=O)C1CCC(C(C)(C)C)CC1)[C@@H]1C[C@H]2CC[C@H]1C2. The van der Waals surface area contributed by atoms with Gasteiger partial charge in [-0.15, -0.1) is 0 Å². The van der Waals surface area contributed by atoms with Gasteiger partial charge in [0.1, 0.15) is 0 Å². The van der Waals surface area contributed by atoms with E-state index in [0.29, 0.717) is 11.3 Å². The average molecular weight is 319 g/mol. The van der Waals surface area contributed by atoms with Crippen molar-refractivity contribution in [2.75, 3.05) is 0 Å². The van der Waals surface area contributed by atoms with Gasteiger partial charge in [0.2, 0.25) is 5.91 Å². The average Bonchev–Trinajstić information content (AvgIpc) is 3.14. The summed E-state index contributed by atoms with van der Waals surface area (Å²) < 4.78 is 0. The van der Waals surface area contributed by atoms with Gasteiger partial charge in [0.15, 0.2) is 0 Å². The lowest BCUT2D eigenvalue weighted by Gasteiger charge is -2.36. The molecule has 23 heavy (non-hydrogen) atoms. The van der Waals surface area contributed by atoms with E-state index < -0.39 is 0 Å². The molecule has 0 spiro atoms. The first-order chi connectivity index (χ1) is 10.8. The minimum atomic E-state index is 0.153. The van der Waals surface area contributed by atoms with Crippen molar-refractivity contribution in [3.05, 3.63) is 0 Å². The zero-order valence-corrected chi connectivity index (χ0v) is 15.4. The summed E-state index contributed by atoms with van der Waals surface area (Å²) >= 11 is 0. The summed E-state index contributed by atoms with van der Waals surface area (Å²) in [5.41, 5.74) is 4.43. The normalized spacial score (nSPS) is 37.9.